The second kappa shape index (κ2) is 9.94. The number of urea groups is 1. The van der Waals surface area contributed by atoms with Gasteiger partial charge in [-0.05, 0) is 36.8 Å². The van der Waals surface area contributed by atoms with Gasteiger partial charge in [-0.3, -0.25) is 4.79 Å². The van der Waals surface area contributed by atoms with Gasteiger partial charge < -0.3 is 20.3 Å². The van der Waals surface area contributed by atoms with Crippen LogP contribution < -0.4 is 10.6 Å². The second-order valence-corrected chi connectivity index (χ2v) is 7.38. The van der Waals surface area contributed by atoms with E-state index in [0.29, 0.717) is 24.7 Å². The van der Waals surface area contributed by atoms with Gasteiger partial charge in [-0.1, -0.05) is 39.0 Å². The van der Waals surface area contributed by atoms with Crippen molar-refractivity contribution >= 4 is 23.6 Å². The van der Waals surface area contributed by atoms with Crippen LogP contribution in [-0.2, 0) is 14.3 Å². The van der Waals surface area contributed by atoms with Gasteiger partial charge in [0.2, 0.25) is 0 Å². The molecule has 0 saturated carbocycles. The van der Waals surface area contributed by atoms with Crippen LogP contribution in [0, 0.1) is 11.8 Å². The van der Waals surface area contributed by atoms with E-state index >= 15 is 0 Å². The fourth-order valence-corrected chi connectivity index (χ4v) is 3.06. The molecule has 1 aliphatic rings. The molecule has 1 aromatic rings. The summed E-state index contributed by atoms with van der Waals surface area (Å²) in [5.41, 5.74) is 0.625. The SMILES string of the molecule is CC(C)[C@H](NC(=O)Nc1ccccc1)C(=O)OCC(=O)N1CCC[C@H](C)C1. The zero-order chi connectivity index (χ0) is 19.8. The van der Waals surface area contributed by atoms with Gasteiger partial charge in [0.1, 0.15) is 6.04 Å². The van der Waals surface area contributed by atoms with Gasteiger partial charge in [-0.15, -0.1) is 0 Å². The van der Waals surface area contributed by atoms with Crippen molar-refractivity contribution in [2.45, 2.75) is 39.7 Å². The number of hydrogen-bond donors (Lipinski definition) is 2. The van der Waals surface area contributed by atoms with Gasteiger partial charge in [-0.25, -0.2) is 9.59 Å². The van der Waals surface area contributed by atoms with Crippen molar-refractivity contribution in [1.29, 1.82) is 0 Å². The molecule has 2 rings (SSSR count). The molecule has 148 valence electrons. The van der Waals surface area contributed by atoms with Gasteiger partial charge in [0.25, 0.3) is 5.91 Å². The zero-order valence-electron chi connectivity index (χ0n) is 16.2. The zero-order valence-corrected chi connectivity index (χ0v) is 16.2. The van der Waals surface area contributed by atoms with Crippen LogP contribution in [0.3, 0.4) is 0 Å². The number of hydrogen-bond acceptors (Lipinski definition) is 4. The van der Waals surface area contributed by atoms with E-state index in [9.17, 15) is 14.4 Å². The molecule has 0 spiro atoms. The minimum atomic E-state index is -0.832. The number of para-hydroxylation sites is 1. The van der Waals surface area contributed by atoms with E-state index in [0.717, 1.165) is 12.8 Å². The molecule has 1 aromatic carbocycles. The molecule has 2 N–H and O–H groups in total. The van der Waals surface area contributed by atoms with Gasteiger partial charge in [-0.2, -0.15) is 0 Å². The highest BCUT2D eigenvalue weighted by molar-refractivity contribution is 5.93. The molecule has 0 unspecified atom stereocenters. The smallest absolute Gasteiger partial charge is 0.329 e. The Morgan fingerprint density at radius 1 is 1.22 bits per heavy atom. The summed E-state index contributed by atoms with van der Waals surface area (Å²) in [5.74, 6) is -0.507. The number of nitrogens with zero attached hydrogens (tertiary/aromatic N) is 1. The maximum absolute atomic E-state index is 12.4. The Hall–Kier alpha value is -2.57. The number of carbonyl (C=O) groups excluding carboxylic acids is 3. The third-order valence-corrected chi connectivity index (χ3v) is 4.59. The number of carbonyl (C=O) groups is 3. The van der Waals surface area contributed by atoms with Crippen molar-refractivity contribution in [1.82, 2.24) is 10.2 Å². The molecule has 0 bridgehead atoms. The molecule has 1 saturated heterocycles. The van der Waals surface area contributed by atoms with Gasteiger partial charge >= 0.3 is 12.0 Å². The van der Waals surface area contributed by atoms with E-state index < -0.39 is 18.0 Å². The fraction of sp³-hybridized carbons (Fsp3) is 0.550. The number of benzene rings is 1. The summed E-state index contributed by atoms with van der Waals surface area (Å²) in [6.45, 7) is 6.83. The lowest BCUT2D eigenvalue weighted by atomic mass is 10.0. The highest BCUT2D eigenvalue weighted by Crippen LogP contribution is 2.15. The molecular formula is C20H29N3O4. The molecule has 1 aliphatic heterocycles. The molecule has 27 heavy (non-hydrogen) atoms. The topological polar surface area (TPSA) is 87.7 Å². The molecule has 2 atom stereocenters. The Morgan fingerprint density at radius 3 is 2.56 bits per heavy atom. The highest BCUT2D eigenvalue weighted by atomic mass is 16.5. The van der Waals surface area contributed by atoms with Crippen LogP contribution in [0.2, 0.25) is 0 Å². The Morgan fingerprint density at radius 2 is 1.93 bits per heavy atom. The third-order valence-electron chi connectivity index (χ3n) is 4.59. The highest BCUT2D eigenvalue weighted by Gasteiger charge is 2.28. The molecule has 7 heteroatoms. The van der Waals surface area contributed by atoms with Crippen LogP contribution in [0.25, 0.3) is 0 Å². The number of esters is 1. The van der Waals surface area contributed by atoms with Crippen molar-refractivity contribution < 1.29 is 19.1 Å². The molecule has 0 aromatic heterocycles. The maximum atomic E-state index is 12.4. The lowest BCUT2D eigenvalue weighted by Crippen LogP contribution is -2.48. The van der Waals surface area contributed by atoms with Crippen molar-refractivity contribution in [2.24, 2.45) is 11.8 Å². The Kier molecular flexibility index (Phi) is 7.64. The van der Waals surface area contributed by atoms with Crippen molar-refractivity contribution in [3.8, 4) is 0 Å². The predicted octanol–water partition coefficient (Wildman–Crippen LogP) is 2.63. The molecule has 1 fully saturated rings. The summed E-state index contributed by atoms with van der Waals surface area (Å²) in [5, 5.41) is 5.30. The number of likely N-dealkylation sites (tertiary alicyclic amines) is 1. The lowest BCUT2D eigenvalue weighted by Gasteiger charge is -2.31. The Bertz CT molecular complexity index is 648. The lowest BCUT2D eigenvalue weighted by molar-refractivity contribution is -0.155. The number of rotatable bonds is 6. The van der Waals surface area contributed by atoms with E-state index in [1.54, 1.807) is 29.2 Å². The van der Waals surface area contributed by atoms with E-state index in [4.69, 9.17) is 4.74 Å². The van der Waals surface area contributed by atoms with Crippen LogP contribution in [0.15, 0.2) is 30.3 Å². The van der Waals surface area contributed by atoms with Crippen molar-refractivity contribution in [2.75, 3.05) is 25.0 Å². The molecule has 0 radical (unpaired) electrons. The van der Waals surface area contributed by atoms with Crippen LogP contribution in [0.1, 0.15) is 33.6 Å². The summed E-state index contributed by atoms with van der Waals surface area (Å²) in [7, 11) is 0. The Labute approximate surface area is 160 Å². The minimum absolute atomic E-state index is 0.177. The number of nitrogens with one attached hydrogen (secondary N) is 2. The van der Waals surface area contributed by atoms with E-state index in [-0.39, 0.29) is 18.4 Å². The summed E-state index contributed by atoms with van der Waals surface area (Å²) in [4.78, 5) is 38.5. The maximum Gasteiger partial charge on any atom is 0.329 e. The standard InChI is InChI=1S/C20H29N3O4/c1-14(2)18(22-20(26)21-16-9-5-4-6-10-16)19(25)27-13-17(24)23-11-7-8-15(3)12-23/h4-6,9-10,14-15,18H,7-8,11-13H2,1-3H3,(H2,21,22,26)/t15-,18-/m0/s1. The Balaban J connectivity index is 1.84. The van der Waals surface area contributed by atoms with Gasteiger partial charge in [0.05, 0.1) is 0 Å². The number of amides is 3. The average Bonchev–Trinajstić information content (AvgIpc) is 2.64. The number of piperidine rings is 1. The van der Waals surface area contributed by atoms with E-state index in [1.165, 1.54) is 0 Å². The monoisotopic (exact) mass is 375 g/mol. The van der Waals surface area contributed by atoms with Crippen molar-refractivity contribution in [3.05, 3.63) is 30.3 Å². The molecule has 3 amide bonds. The van der Waals surface area contributed by atoms with Gasteiger partial charge in [0.15, 0.2) is 6.61 Å². The first kappa shape index (κ1) is 20.7. The van der Waals surface area contributed by atoms with Gasteiger partial charge in [0, 0.05) is 18.8 Å². The summed E-state index contributed by atoms with van der Waals surface area (Å²) in [6.07, 6.45) is 2.08. The first-order chi connectivity index (χ1) is 12.9. The first-order valence-electron chi connectivity index (χ1n) is 9.43. The van der Waals surface area contributed by atoms with E-state index in [2.05, 4.69) is 17.6 Å². The summed E-state index contributed by atoms with van der Waals surface area (Å²) in [6, 6.07) is 7.63. The minimum Gasteiger partial charge on any atom is -0.454 e. The second-order valence-electron chi connectivity index (χ2n) is 7.38. The number of anilines is 1. The van der Waals surface area contributed by atoms with Crippen LogP contribution >= 0.6 is 0 Å². The molecule has 0 aliphatic carbocycles. The fourth-order valence-electron chi connectivity index (χ4n) is 3.06. The van der Waals surface area contributed by atoms with Crippen LogP contribution in [0.4, 0.5) is 10.5 Å². The first-order valence-corrected chi connectivity index (χ1v) is 9.43. The summed E-state index contributed by atoms with van der Waals surface area (Å²) >= 11 is 0. The normalized spacial score (nSPS) is 17.9. The predicted molar refractivity (Wildman–Crippen MR) is 103 cm³/mol. The third kappa shape index (κ3) is 6.58. The average molecular weight is 375 g/mol. The quantitative estimate of drug-likeness (QED) is 0.748. The molecule has 1 heterocycles. The van der Waals surface area contributed by atoms with Crippen LogP contribution in [-0.4, -0.2) is 48.5 Å². The largest absolute Gasteiger partial charge is 0.454 e. The van der Waals surface area contributed by atoms with Crippen LogP contribution in [0.5, 0.6) is 0 Å². The van der Waals surface area contributed by atoms with Crippen molar-refractivity contribution in [3.63, 3.8) is 0 Å². The molecule has 7 nitrogen and oxygen atoms in total. The summed E-state index contributed by atoms with van der Waals surface area (Å²) < 4.78 is 5.19. The van der Waals surface area contributed by atoms with E-state index in [1.807, 2.05) is 19.9 Å². The number of ether oxygens (including phenoxy) is 1. The molecular weight excluding hydrogens is 346 g/mol.